The minimum absolute atomic E-state index is 0.0809. The number of carbonyl (C=O) groups excluding carboxylic acids is 3. The third kappa shape index (κ3) is 13.2. The molecular formula is C38H64N2O26. The van der Waals surface area contributed by atoms with Gasteiger partial charge < -0.3 is 120 Å². The summed E-state index contributed by atoms with van der Waals surface area (Å²) in [6, 6.07) is -3.15. The van der Waals surface area contributed by atoms with E-state index in [-0.39, 0.29) is 13.0 Å². The van der Waals surface area contributed by atoms with Crippen LogP contribution >= 0.6 is 0 Å². The molecule has 4 aliphatic rings. The van der Waals surface area contributed by atoms with Crippen LogP contribution in [0.4, 0.5) is 0 Å². The summed E-state index contributed by atoms with van der Waals surface area (Å²) < 4.78 is 51.5. The minimum atomic E-state index is -3.15. The first kappa shape index (κ1) is 55.7. The summed E-state index contributed by atoms with van der Waals surface area (Å²) in [6.07, 6.45) is -34.8. The molecule has 0 saturated carbocycles. The molecule has 15 N–H and O–H groups in total. The lowest BCUT2D eigenvalue weighted by atomic mass is 9.88. The number of aliphatic carboxylic acids is 1. The fraction of sp³-hybridized carbons (Fsp3) is 0.895. The van der Waals surface area contributed by atoms with Crippen LogP contribution in [0.2, 0.25) is 0 Å². The van der Waals surface area contributed by atoms with Gasteiger partial charge in [0.25, 0.3) is 5.79 Å². The monoisotopic (exact) mass is 964 g/mol. The number of aliphatic hydroxyl groups excluding tert-OH is 12. The maximum atomic E-state index is 13.0. The van der Waals surface area contributed by atoms with Gasteiger partial charge in [-0.1, -0.05) is 6.42 Å². The van der Waals surface area contributed by atoms with Crippen LogP contribution in [0.5, 0.6) is 0 Å². The van der Waals surface area contributed by atoms with E-state index in [9.17, 15) is 85.6 Å². The number of hydrogen-bond acceptors (Lipinski definition) is 25. The van der Waals surface area contributed by atoms with E-state index in [1.54, 1.807) is 0 Å². The second-order valence-corrected chi connectivity index (χ2v) is 16.3. The summed E-state index contributed by atoms with van der Waals surface area (Å²) in [5.41, 5.74) is 0. The lowest BCUT2D eigenvalue weighted by Gasteiger charge is -2.51. The number of unbranched alkanes of at least 4 members (excludes halogenated alkanes) is 2. The molecule has 4 fully saturated rings. The number of methoxy groups -OCH3 is 1. The molecule has 21 atom stereocenters. The summed E-state index contributed by atoms with van der Waals surface area (Å²) >= 11 is 0. The predicted molar refractivity (Wildman–Crippen MR) is 209 cm³/mol. The maximum absolute atomic E-state index is 13.0. The van der Waals surface area contributed by atoms with Gasteiger partial charge in [0.05, 0.1) is 45.7 Å². The van der Waals surface area contributed by atoms with Crippen LogP contribution in [0.15, 0.2) is 0 Å². The van der Waals surface area contributed by atoms with Crippen molar-refractivity contribution in [2.45, 2.75) is 174 Å². The van der Waals surface area contributed by atoms with E-state index >= 15 is 0 Å². The number of carboxylic acids is 1. The van der Waals surface area contributed by atoms with Crippen molar-refractivity contribution in [2.75, 3.05) is 40.1 Å². The highest BCUT2D eigenvalue weighted by atomic mass is 16.8. The standard InChI is InChI=1S/C38H64N2O26/c1-14(45)39-22-16(47)9-38(37(56)57,65-31(22)24(50)17(48)10-41)66-33-26(52)19(12-43)61-36(29(33)55)63-30-20(13-44)62-34(59-8-6-4-5-7-21(49)58-3)23(40-15(2)46)32(30)64-35-28(54)27(53)25(51)18(11-42)60-35/h16-20,22-36,41-44,47-48,50-55H,4-13H2,1-3H3,(H,39,45)(H,40,46)(H,56,57)/t16-,17+,18-,19+,20+,22+,23+,24+,25+,26-,27+,28-,29+,30+,31+,32+,33-,34+,35-,36-,38-/m0/s1. The topological polar surface area (TPSA) is 438 Å². The molecule has 0 bridgehead atoms. The molecule has 0 spiro atoms. The summed E-state index contributed by atoms with van der Waals surface area (Å²) in [7, 11) is 1.24. The van der Waals surface area contributed by atoms with Crippen molar-refractivity contribution in [1.29, 1.82) is 0 Å². The van der Waals surface area contributed by atoms with Crippen molar-refractivity contribution in [3.8, 4) is 0 Å². The molecule has 0 aromatic carbocycles. The summed E-state index contributed by atoms with van der Waals surface area (Å²) in [6.45, 7) is -2.02. The highest BCUT2D eigenvalue weighted by molar-refractivity contribution is 5.77. The van der Waals surface area contributed by atoms with Crippen molar-refractivity contribution in [1.82, 2.24) is 10.6 Å². The first-order valence-corrected chi connectivity index (χ1v) is 21.2. The number of esters is 1. The largest absolute Gasteiger partial charge is 0.477 e. The average Bonchev–Trinajstić information content (AvgIpc) is 3.28. The van der Waals surface area contributed by atoms with Crippen LogP contribution in [-0.2, 0) is 61.8 Å². The Labute approximate surface area is 376 Å². The zero-order valence-electron chi connectivity index (χ0n) is 36.2. The van der Waals surface area contributed by atoms with Gasteiger partial charge in [-0.05, 0) is 12.8 Å². The van der Waals surface area contributed by atoms with Crippen molar-refractivity contribution in [2.24, 2.45) is 0 Å². The van der Waals surface area contributed by atoms with Crippen molar-refractivity contribution in [3.63, 3.8) is 0 Å². The van der Waals surface area contributed by atoms with E-state index in [0.29, 0.717) is 19.3 Å². The van der Waals surface area contributed by atoms with Crippen LogP contribution in [0.1, 0.15) is 46.0 Å². The first-order valence-electron chi connectivity index (χ1n) is 21.2. The molecule has 28 heteroatoms. The fourth-order valence-electron chi connectivity index (χ4n) is 8.02. The minimum Gasteiger partial charge on any atom is -0.477 e. The molecule has 28 nitrogen and oxygen atoms in total. The van der Waals surface area contributed by atoms with Crippen LogP contribution in [-0.4, -0.2) is 259 Å². The van der Waals surface area contributed by atoms with Crippen molar-refractivity contribution >= 4 is 23.8 Å². The molecule has 0 aromatic rings. The van der Waals surface area contributed by atoms with Gasteiger partial charge in [0.15, 0.2) is 18.9 Å². The van der Waals surface area contributed by atoms with Crippen molar-refractivity contribution < 1.29 is 128 Å². The van der Waals surface area contributed by atoms with E-state index in [1.807, 2.05) is 0 Å². The normalized spacial score (nSPS) is 40.5. The molecule has 4 rings (SSSR count). The predicted octanol–water partition coefficient (Wildman–Crippen LogP) is -8.50. The summed E-state index contributed by atoms with van der Waals surface area (Å²) in [5, 5.41) is 143. The molecule has 0 aliphatic carbocycles. The van der Waals surface area contributed by atoms with E-state index < -0.39 is 185 Å². The van der Waals surface area contributed by atoms with E-state index in [4.69, 9.17) is 37.9 Å². The van der Waals surface area contributed by atoms with Gasteiger partial charge in [-0.15, -0.1) is 0 Å². The molecule has 0 aromatic heterocycles. The Balaban J connectivity index is 1.72. The Morgan fingerprint density at radius 1 is 0.682 bits per heavy atom. The molecule has 2 amide bonds. The molecule has 0 radical (unpaired) electrons. The smallest absolute Gasteiger partial charge is 0.364 e. The number of amides is 2. The van der Waals surface area contributed by atoms with E-state index in [1.165, 1.54) is 7.11 Å². The third-order valence-corrected chi connectivity index (χ3v) is 11.5. The maximum Gasteiger partial charge on any atom is 0.364 e. The Morgan fingerprint density at radius 3 is 1.80 bits per heavy atom. The Morgan fingerprint density at radius 2 is 1.24 bits per heavy atom. The van der Waals surface area contributed by atoms with Gasteiger partial charge >= 0.3 is 11.9 Å². The SMILES string of the molecule is COC(=O)CCCCCO[C@@H]1O[C@H](CO)[C@@H](O[C@@H]2O[C@H](CO)[C@H](O)[C@H](O[C@]3(C(=O)O)C[C@H](O)[C@@H](NC(C)=O)[C@H]([C@H](O)[C@H](O)CO)O3)[C@H]2O)[C@H](O[C@@H]2O[C@@H](CO)[C@@H](O)[C@@H](O)[C@@H]2O)[C@H]1NC(C)=O. The van der Waals surface area contributed by atoms with Gasteiger partial charge in [-0.3, -0.25) is 14.4 Å². The number of nitrogens with one attached hydrogen (secondary N) is 2. The molecule has 4 heterocycles. The number of hydrogen-bond donors (Lipinski definition) is 15. The van der Waals surface area contributed by atoms with Crippen LogP contribution in [0.3, 0.4) is 0 Å². The lowest BCUT2D eigenvalue weighted by Crippen LogP contribution is -2.71. The van der Waals surface area contributed by atoms with Gasteiger partial charge in [0.2, 0.25) is 11.8 Å². The molecule has 4 aliphatic heterocycles. The Hall–Kier alpha value is -2.92. The molecular weight excluding hydrogens is 900 g/mol. The Bertz CT molecular complexity index is 1570. The second kappa shape index (κ2) is 25.1. The summed E-state index contributed by atoms with van der Waals surface area (Å²) in [4.78, 5) is 49.3. The number of aliphatic hydroxyl groups is 12. The van der Waals surface area contributed by atoms with Gasteiger partial charge in [0, 0.05) is 33.3 Å². The van der Waals surface area contributed by atoms with Gasteiger partial charge in [-0.25, -0.2) is 4.79 Å². The number of carbonyl (C=O) groups is 4. The first-order chi connectivity index (χ1) is 31.2. The zero-order valence-corrected chi connectivity index (χ0v) is 36.2. The Kier molecular flexibility index (Phi) is 21.2. The third-order valence-electron chi connectivity index (χ3n) is 11.5. The quantitative estimate of drug-likeness (QED) is 0.0354. The van der Waals surface area contributed by atoms with Crippen LogP contribution in [0, 0.1) is 0 Å². The molecule has 4 saturated heterocycles. The fourth-order valence-corrected chi connectivity index (χ4v) is 8.02. The average molecular weight is 965 g/mol. The number of rotatable bonds is 22. The van der Waals surface area contributed by atoms with Crippen molar-refractivity contribution in [3.05, 3.63) is 0 Å². The highest BCUT2D eigenvalue weighted by Crippen LogP contribution is 2.39. The summed E-state index contributed by atoms with van der Waals surface area (Å²) in [5.74, 6) is -7.16. The molecule has 66 heavy (non-hydrogen) atoms. The highest BCUT2D eigenvalue weighted by Gasteiger charge is 2.61. The van der Waals surface area contributed by atoms with Crippen LogP contribution in [0.25, 0.3) is 0 Å². The molecule has 382 valence electrons. The lowest BCUT2D eigenvalue weighted by molar-refractivity contribution is -0.391. The van der Waals surface area contributed by atoms with Gasteiger partial charge in [0.1, 0.15) is 91.5 Å². The van der Waals surface area contributed by atoms with Crippen LogP contribution < -0.4 is 10.6 Å². The molecule has 0 unspecified atom stereocenters. The van der Waals surface area contributed by atoms with Gasteiger partial charge in [-0.2, -0.15) is 0 Å². The zero-order chi connectivity index (χ0) is 49.2. The van der Waals surface area contributed by atoms with E-state index in [2.05, 4.69) is 15.4 Å². The second-order valence-electron chi connectivity index (χ2n) is 16.3. The number of ether oxygens (including phenoxy) is 9. The van der Waals surface area contributed by atoms with E-state index in [0.717, 1.165) is 13.8 Å². The number of carboxylic acid groups (broad SMARTS) is 1.